The largest absolute Gasteiger partial charge is 0.573 e. The van der Waals surface area contributed by atoms with Gasteiger partial charge in [0.2, 0.25) is 0 Å². The predicted molar refractivity (Wildman–Crippen MR) is 55.1 cm³/mol. The van der Waals surface area contributed by atoms with Crippen LogP contribution in [0.1, 0.15) is 0 Å². The second-order valence-corrected chi connectivity index (χ2v) is 4.09. The first kappa shape index (κ1) is 11.1. The third kappa shape index (κ3) is 2.60. The van der Waals surface area contributed by atoms with Crippen molar-refractivity contribution in [3.8, 4) is 5.75 Å². The summed E-state index contributed by atoms with van der Waals surface area (Å²) >= 11 is 1.33. The maximum absolute atomic E-state index is 12.0. The van der Waals surface area contributed by atoms with E-state index in [0.717, 1.165) is 0 Å². The van der Waals surface area contributed by atoms with Crippen LogP contribution >= 0.6 is 11.8 Å². The molecule has 2 N–H and O–H groups in total. The highest BCUT2D eigenvalue weighted by Gasteiger charge is 2.31. The van der Waals surface area contributed by atoms with Gasteiger partial charge in [-0.2, -0.15) is 0 Å². The van der Waals surface area contributed by atoms with E-state index >= 15 is 0 Å². The van der Waals surface area contributed by atoms with Crippen LogP contribution in [0.3, 0.4) is 0 Å². The number of nitrogens with two attached hydrogens (primary N) is 1. The van der Waals surface area contributed by atoms with Gasteiger partial charge in [-0.1, -0.05) is 0 Å². The average molecular weight is 248 g/mol. The number of halogens is 3. The summed E-state index contributed by atoms with van der Waals surface area (Å²) in [5.74, 6) is 0.694. The Kier molecular flexibility index (Phi) is 2.71. The van der Waals surface area contributed by atoms with E-state index < -0.39 is 6.36 Å². The number of nitrogens with zero attached hydrogens (tertiary/aromatic N) is 1. The molecule has 2 rings (SSSR count). The SMILES string of the molecule is NC1=Nc2ccc(OC(F)(F)F)cc2SC1. The summed E-state index contributed by atoms with van der Waals surface area (Å²) in [7, 11) is 0. The van der Waals surface area contributed by atoms with Gasteiger partial charge in [-0.15, -0.1) is 24.9 Å². The molecule has 0 fully saturated rings. The summed E-state index contributed by atoms with van der Waals surface area (Å²) in [5, 5.41) is 0. The van der Waals surface area contributed by atoms with Crippen molar-refractivity contribution in [3.05, 3.63) is 18.2 Å². The second-order valence-electron chi connectivity index (χ2n) is 3.07. The number of fused-ring (bicyclic) bond motifs is 1. The molecule has 0 bridgehead atoms. The average Bonchev–Trinajstić information content (AvgIpc) is 2.16. The van der Waals surface area contributed by atoms with Crippen molar-refractivity contribution in [2.24, 2.45) is 10.7 Å². The van der Waals surface area contributed by atoms with Gasteiger partial charge in [0.15, 0.2) is 0 Å². The molecule has 1 aliphatic rings. The van der Waals surface area contributed by atoms with Crippen molar-refractivity contribution in [2.75, 3.05) is 5.75 Å². The standard InChI is InChI=1S/C9H7F3N2OS/c10-9(11,12)15-5-1-2-6-7(3-5)16-4-8(13)14-6/h1-3H,4H2,(H2,13,14). The summed E-state index contributed by atoms with van der Waals surface area (Å²) in [6.07, 6.45) is -4.67. The van der Waals surface area contributed by atoms with Crippen LogP contribution < -0.4 is 10.5 Å². The molecule has 16 heavy (non-hydrogen) atoms. The Morgan fingerprint density at radius 2 is 2.12 bits per heavy atom. The van der Waals surface area contributed by atoms with Gasteiger partial charge >= 0.3 is 6.36 Å². The predicted octanol–water partition coefficient (Wildman–Crippen LogP) is 2.68. The third-order valence-electron chi connectivity index (χ3n) is 1.80. The van der Waals surface area contributed by atoms with Gasteiger partial charge in [-0.3, -0.25) is 0 Å². The fourth-order valence-electron chi connectivity index (χ4n) is 1.24. The van der Waals surface area contributed by atoms with Crippen molar-refractivity contribution >= 4 is 23.3 Å². The van der Waals surface area contributed by atoms with E-state index in [4.69, 9.17) is 5.73 Å². The van der Waals surface area contributed by atoms with Gasteiger partial charge in [0.1, 0.15) is 11.6 Å². The molecule has 0 aliphatic carbocycles. The molecule has 1 heterocycles. The van der Waals surface area contributed by atoms with E-state index in [9.17, 15) is 13.2 Å². The Labute approximate surface area is 93.5 Å². The number of amidine groups is 1. The molecule has 3 nitrogen and oxygen atoms in total. The van der Waals surface area contributed by atoms with Crippen molar-refractivity contribution in [1.29, 1.82) is 0 Å². The van der Waals surface area contributed by atoms with Gasteiger partial charge in [0, 0.05) is 4.90 Å². The summed E-state index contributed by atoms with van der Waals surface area (Å²) in [6, 6.07) is 3.98. The lowest BCUT2D eigenvalue weighted by molar-refractivity contribution is -0.274. The topological polar surface area (TPSA) is 47.6 Å². The number of benzene rings is 1. The molecule has 0 saturated carbocycles. The first-order valence-electron chi connectivity index (χ1n) is 4.30. The molecular weight excluding hydrogens is 241 g/mol. The van der Waals surface area contributed by atoms with Crippen molar-refractivity contribution in [3.63, 3.8) is 0 Å². The Balaban J connectivity index is 2.27. The molecule has 7 heteroatoms. The van der Waals surface area contributed by atoms with Crippen molar-refractivity contribution < 1.29 is 17.9 Å². The molecule has 0 saturated heterocycles. The Morgan fingerprint density at radius 1 is 1.38 bits per heavy atom. The molecule has 0 aromatic heterocycles. The number of aliphatic imine (C=N–C) groups is 1. The van der Waals surface area contributed by atoms with Gasteiger partial charge < -0.3 is 10.5 Å². The quantitative estimate of drug-likeness (QED) is 0.831. The van der Waals surface area contributed by atoms with Crippen molar-refractivity contribution in [1.82, 2.24) is 0 Å². The van der Waals surface area contributed by atoms with E-state index in [0.29, 0.717) is 22.2 Å². The first-order valence-corrected chi connectivity index (χ1v) is 5.28. The molecular formula is C9H7F3N2OS. The number of thioether (sulfide) groups is 1. The zero-order chi connectivity index (χ0) is 11.8. The highest BCUT2D eigenvalue weighted by molar-refractivity contribution is 8.00. The monoisotopic (exact) mass is 248 g/mol. The minimum absolute atomic E-state index is 0.241. The Bertz CT molecular complexity index is 445. The van der Waals surface area contributed by atoms with Crippen LogP contribution in [0.5, 0.6) is 5.75 Å². The molecule has 1 aromatic rings. The van der Waals surface area contributed by atoms with E-state index in [2.05, 4.69) is 9.73 Å². The summed E-state index contributed by atoms with van der Waals surface area (Å²) in [5.41, 5.74) is 6.08. The maximum Gasteiger partial charge on any atom is 0.573 e. The van der Waals surface area contributed by atoms with Crippen LogP contribution in [0.25, 0.3) is 0 Å². The lowest BCUT2D eigenvalue weighted by atomic mass is 10.3. The van der Waals surface area contributed by atoms with E-state index in [-0.39, 0.29) is 5.75 Å². The minimum atomic E-state index is -4.67. The molecule has 0 atom stereocenters. The number of ether oxygens (including phenoxy) is 1. The Morgan fingerprint density at radius 3 is 2.81 bits per heavy atom. The lowest BCUT2D eigenvalue weighted by Gasteiger charge is -2.14. The van der Waals surface area contributed by atoms with Crippen LogP contribution in [-0.4, -0.2) is 18.0 Å². The summed E-state index contributed by atoms with van der Waals surface area (Å²) in [6.45, 7) is 0. The Hall–Kier alpha value is -1.37. The highest BCUT2D eigenvalue weighted by atomic mass is 32.2. The number of hydrogen-bond acceptors (Lipinski definition) is 4. The highest BCUT2D eigenvalue weighted by Crippen LogP contribution is 2.37. The zero-order valence-electron chi connectivity index (χ0n) is 7.91. The van der Waals surface area contributed by atoms with Gasteiger partial charge in [-0.25, -0.2) is 4.99 Å². The van der Waals surface area contributed by atoms with Crippen LogP contribution in [0, 0.1) is 0 Å². The molecule has 86 valence electrons. The second kappa shape index (κ2) is 3.89. The van der Waals surface area contributed by atoms with Gasteiger partial charge in [-0.05, 0) is 18.2 Å². The fraction of sp³-hybridized carbons (Fsp3) is 0.222. The normalized spacial score (nSPS) is 15.3. The van der Waals surface area contributed by atoms with Crippen LogP contribution in [0.4, 0.5) is 18.9 Å². The molecule has 0 amide bonds. The lowest BCUT2D eigenvalue weighted by Crippen LogP contribution is -2.18. The number of rotatable bonds is 1. The third-order valence-corrected chi connectivity index (χ3v) is 2.88. The van der Waals surface area contributed by atoms with E-state index in [1.54, 1.807) is 0 Å². The summed E-state index contributed by atoms with van der Waals surface area (Å²) in [4.78, 5) is 4.66. The zero-order valence-corrected chi connectivity index (χ0v) is 8.73. The molecule has 1 aliphatic heterocycles. The maximum atomic E-state index is 12.0. The minimum Gasteiger partial charge on any atom is -0.406 e. The molecule has 1 aromatic carbocycles. The number of alkyl halides is 3. The number of hydrogen-bond donors (Lipinski definition) is 1. The molecule has 0 radical (unpaired) electrons. The van der Waals surface area contributed by atoms with Gasteiger partial charge in [0.25, 0.3) is 0 Å². The van der Waals surface area contributed by atoms with Gasteiger partial charge in [0.05, 0.1) is 11.4 Å². The van der Waals surface area contributed by atoms with Crippen molar-refractivity contribution in [2.45, 2.75) is 11.3 Å². The first-order chi connectivity index (χ1) is 7.44. The van der Waals surface area contributed by atoms with Crippen LogP contribution in [-0.2, 0) is 0 Å². The van der Waals surface area contributed by atoms with E-state index in [1.165, 1.54) is 30.0 Å². The van der Waals surface area contributed by atoms with Crippen LogP contribution in [0.15, 0.2) is 28.1 Å². The molecule has 0 spiro atoms. The summed E-state index contributed by atoms with van der Waals surface area (Å²) < 4.78 is 39.7. The smallest absolute Gasteiger partial charge is 0.406 e. The fourth-order valence-corrected chi connectivity index (χ4v) is 2.07. The van der Waals surface area contributed by atoms with E-state index in [1.807, 2.05) is 0 Å². The molecule has 0 unspecified atom stereocenters. The van der Waals surface area contributed by atoms with Crippen LogP contribution in [0.2, 0.25) is 0 Å².